The molecule has 2 atom stereocenters. The molecule has 5 nitrogen and oxygen atoms in total. The number of pyridine rings is 1. The molecular weight excluding hydrogens is 372 g/mol. The van der Waals surface area contributed by atoms with Crippen molar-refractivity contribution in [1.29, 1.82) is 0 Å². The fourth-order valence-electron chi connectivity index (χ4n) is 4.74. The lowest BCUT2D eigenvalue weighted by Gasteiger charge is -2.49. The quantitative estimate of drug-likeness (QED) is 0.733. The number of nitrogens with one attached hydrogen (secondary N) is 1. The number of hydrogen-bond acceptors (Lipinski definition) is 4. The summed E-state index contributed by atoms with van der Waals surface area (Å²) in [7, 11) is 0. The van der Waals surface area contributed by atoms with Crippen LogP contribution in [0.5, 0.6) is 0 Å². The Bertz CT molecular complexity index is 1010. The fraction of sp³-hybridized carbons (Fsp3) is 0.280. The van der Waals surface area contributed by atoms with Gasteiger partial charge in [0.25, 0.3) is 0 Å². The summed E-state index contributed by atoms with van der Waals surface area (Å²) in [6, 6.07) is 25.0. The predicted octanol–water partition coefficient (Wildman–Crippen LogP) is 3.27. The van der Waals surface area contributed by atoms with Crippen molar-refractivity contribution in [2.24, 2.45) is 5.92 Å². The molecule has 3 aromatic rings. The van der Waals surface area contributed by atoms with E-state index in [-0.39, 0.29) is 17.9 Å². The molecular formula is C25H26N4O. The van der Waals surface area contributed by atoms with E-state index >= 15 is 0 Å². The molecule has 0 saturated carbocycles. The molecule has 3 heterocycles. The number of carbonyl (C=O) groups is 1. The maximum Gasteiger partial charge on any atom is 0.225 e. The molecule has 1 amide bonds. The summed E-state index contributed by atoms with van der Waals surface area (Å²) >= 11 is 0. The minimum Gasteiger partial charge on any atom is -0.368 e. The monoisotopic (exact) mass is 398 g/mol. The molecule has 2 aliphatic heterocycles. The lowest BCUT2D eigenvalue weighted by molar-refractivity contribution is -0.126. The van der Waals surface area contributed by atoms with Crippen LogP contribution in [-0.4, -0.2) is 36.6 Å². The number of piperazine rings is 1. The second-order valence-corrected chi connectivity index (χ2v) is 8.02. The molecule has 5 rings (SSSR count). The number of para-hydroxylation sites is 2. The van der Waals surface area contributed by atoms with E-state index < -0.39 is 0 Å². The molecule has 0 radical (unpaired) electrons. The second kappa shape index (κ2) is 8.19. The van der Waals surface area contributed by atoms with E-state index in [2.05, 4.69) is 68.6 Å². The van der Waals surface area contributed by atoms with Gasteiger partial charge in [-0.1, -0.05) is 42.5 Å². The number of nitrogens with zero attached hydrogens (tertiary/aromatic N) is 3. The van der Waals surface area contributed by atoms with Crippen LogP contribution in [0.1, 0.15) is 11.3 Å². The first-order chi connectivity index (χ1) is 14.8. The van der Waals surface area contributed by atoms with E-state index in [1.165, 1.54) is 16.9 Å². The lowest BCUT2D eigenvalue weighted by Crippen LogP contribution is -2.61. The van der Waals surface area contributed by atoms with Gasteiger partial charge in [0.05, 0.1) is 24.2 Å². The number of carbonyl (C=O) groups excluding carboxylic acids is 1. The third kappa shape index (κ3) is 3.63. The Hall–Kier alpha value is -3.34. The Morgan fingerprint density at radius 1 is 0.967 bits per heavy atom. The third-order valence-corrected chi connectivity index (χ3v) is 6.25. The summed E-state index contributed by atoms with van der Waals surface area (Å²) in [4.78, 5) is 22.5. The molecule has 2 aromatic carbocycles. The summed E-state index contributed by atoms with van der Waals surface area (Å²) in [6.07, 6.45) is 2.53. The van der Waals surface area contributed by atoms with Crippen LogP contribution in [0.3, 0.4) is 0 Å². The first-order valence-corrected chi connectivity index (χ1v) is 10.6. The van der Waals surface area contributed by atoms with Gasteiger partial charge in [-0.25, -0.2) is 0 Å². The SMILES string of the molecule is O=C(NCc1ccccn1)[C@@H]1Cc2ccccc2N2CCN(c3ccccc3)C[C@H]12. The Morgan fingerprint density at radius 3 is 2.60 bits per heavy atom. The zero-order valence-electron chi connectivity index (χ0n) is 16.9. The van der Waals surface area contributed by atoms with Crippen molar-refractivity contribution < 1.29 is 4.79 Å². The van der Waals surface area contributed by atoms with E-state index in [0.717, 1.165) is 31.7 Å². The fourth-order valence-corrected chi connectivity index (χ4v) is 4.74. The molecule has 30 heavy (non-hydrogen) atoms. The van der Waals surface area contributed by atoms with Crippen LogP contribution >= 0.6 is 0 Å². The van der Waals surface area contributed by atoms with Crippen molar-refractivity contribution >= 4 is 17.3 Å². The molecule has 1 aromatic heterocycles. The number of rotatable bonds is 4. The topological polar surface area (TPSA) is 48.5 Å². The van der Waals surface area contributed by atoms with E-state index in [1.807, 2.05) is 24.3 Å². The average Bonchev–Trinajstić information content (AvgIpc) is 2.83. The maximum absolute atomic E-state index is 13.3. The molecule has 2 aliphatic rings. The largest absolute Gasteiger partial charge is 0.368 e. The van der Waals surface area contributed by atoms with Crippen molar-refractivity contribution in [1.82, 2.24) is 10.3 Å². The van der Waals surface area contributed by atoms with Gasteiger partial charge in [-0.3, -0.25) is 9.78 Å². The first kappa shape index (κ1) is 18.7. The average molecular weight is 399 g/mol. The van der Waals surface area contributed by atoms with Crippen LogP contribution in [0, 0.1) is 5.92 Å². The molecule has 1 fully saturated rings. The lowest BCUT2D eigenvalue weighted by atomic mass is 9.83. The van der Waals surface area contributed by atoms with Crippen molar-refractivity contribution in [3.63, 3.8) is 0 Å². The van der Waals surface area contributed by atoms with Crippen LogP contribution in [-0.2, 0) is 17.8 Å². The smallest absolute Gasteiger partial charge is 0.225 e. The zero-order chi connectivity index (χ0) is 20.3. The second-order valence-electron chi connectivity index (χ2n) is 8.02. The molecule has 0 bridgehead atoms. The standard InChI is InChI=1S/C25H26N4O/c30-25(27-17-20-9-6-7-13-26-20)22-16-19-8-4-5-12-23(19)29-15-14-28(18-24(22)29)21-10-2-1-3-11-21/h1-13,22,24H,14-18H2,(H,27,30)/t22-,24-/m1/s1. The molecule has 1 saturated heterocycles. The van der Waals surface area contributed by atoms with E-state index in [0.29, 0.717) is 6.54 Å². The normalized spacial score (nSPS) is 20.3. The van der Waals surface area contributed by atoms with Crippen LogP contribution in [0.2, 0.25) is 0 Å². The molecule has 1 N–H and O–H groups in total. The summed E-state index contributed by atoms with van der Waals surface area (Å²) < 4.78 is 0. The number of aromatic nitrogens is 1. The summed E-state index contributed by atoms with van der Waals surface area (Å²) in [6.45, 7) is 3.19. The Kier molecular flexibility index (Phi) is 5.10. The van der Waals surface area contributed by atoms with Crippen molar-refractivity contribution in [3.05, 3.63) is 90.3 Å². The molecule has 0 unspecified atom stereocenters. The van der Waals surface area contributed by atoms with Gasteiger partial charge in [-0.15, -0.1) is 0 Å². The predicted molar refractivity (Wildman–Crippen MR) is 120 cm³/mol. The minimum absolute atomic E-state index is 0.0878. The number of fused-ring (bicyclic) bond motifs is 3. The van der Waals surface area contributed by atoms with Gasteiger partial charge in [0.2, 0.25) is 5.91 Å². The van der Waals surface area contributed by atoms with E-state index in [9.17, 15) is 4.79 Å². The van der Waals surface area contributed by atoms with Gasteiger partial charge >= 0.3 is 0 Å². The third-order valence-electron chi connectivity index (χ3n) is 6.25. The van der Waals surface area contributed by atoms with Crippen LogP contribution < -0.4 is 15.1 Å². The maximum atomic E-state index is 13.3. The highest BCUT2D eigenvalue weighted by Crippen LogP contribution is 2.36. The minimum atomic E-state index is -0.0878. The van der Waals surface area contributed by atoms with Crippen molar-refractivity contribution in [2.45, 2.75) is 19.0 Å². The molecule has 152 valence electrons. The number of anilines is 2. The summed E-state index contributed by atoms with van der Waals surface area (Å²) in [5.41, 5.74) is 4.65. The summed E-state index contributed by atoms with van der Waals surface area (Å²) in [5, 5.41) is 3.14. The van der Waals surface area contributed by atoms with Gasteiger partial charge in [-0.05, 0) is 42.3 Å². The van der Waals surface area contributed by atoms with Gasteiger partial charge in [-0.2, -0.15) is 0 Å². The van der Waals surface area contributed by atoms with E-state index in [4.69, 9.17) is 0 Å². The van der Waals surface area contributed by atoms with Gasteiger partial charge in [0, 0.05) is 37.2 Å². The number of hydrogen-bond donors (Lipinski definition) is 1. The Balaban J connectivity index is 1.39. The zero-order valence-corrected chi connectivity index (χ0v) is 16.9. The highest BCUT2D eigenvalue weighted by Gasteiger charge is 2.41. The van der Waals surface area contributed by atoms with Crippen LogP contribution in [0.4, 0.5) is 11.4 Å². The van der Waals surface area contributed by atoms with Gasteiger partial charge in [0.1, 0.15) is 0 Å². The number of benzene rings is 2. The summed E-state index contributed by atoms with van der Waals surface area (Å²) in [5.74, 6) is 0.0233. The first-order valence-electron chi connectivity index (χ1n) is 10.6. The van der Waals surface area contributed by atoms with Crippen LogP contribution in [0.25, 0.3) is 0 Å². The van der Waals surface area contributed by atoms with E-state index in [1.54, 1.807) is 6.20 Å². The molecule has 0 spiro atoms. The Morgan fingerprint density at radius 2 is 1.77 bits per heavy atom. The highest BCUT2D eigenvalue weighted by molar-refractivity contribution is 5.82. The van der Waals surface area contributed by atoms with Crippen molar-refractivity contribution in [2.75, 3.05) is 29.4 Å². The van der Waals surface area contributed by atoms with Gasteiger partial charge < -0.3 is 15.1 Å². The molecule has 5 heteroatoms. The Labute approximate surface area is 177 Å². The van der Waals surface area contributed by atoms with Crippen LogP contribution in [0.15, 0.2) is 79.0 Å². The van der Waals surface area contributed by atoms with Crippen molar-refractivity contribution in [3.8, 4) is 0 Å². The number of amides is 1. The van der Waals surface area contributed by atoms with Gasteiger partial charge in [0.15, 0.2) is 0 Å². The highest BCUT2D eigenvalue weighted by atomic mass is 16.1. The molecule has 0 aliphatic carbocycles.